The Labute approximate surface area is 103 Å². The van der Waals surface area contributed by atoms with Crippen molar-refractivity contribution in [3.05, 3.63) is 0 Å². The van der Waals surface area contributed by atoms with Crippen molar-refractivity contribution in [3.63, 3.8) is 0 Å². The van der Waals surface area contributed by atoms with E-state index in [0.29, 0.717) is 13.0 Å². The third kappa shape index (κ3) is 3.45. The number of unbranched alkanes of at least 4 members (excludes halogenated alkanes) is 1. The molecular formula is C13H23NO3. The van der Waals surface area contributed by atoms with Crippen LogP contribution in [0.1, 0.15) is 46.0 Å². The zero-order valence-corrected chi connectivity index (χ0v) is 10.8. The Morgan fingerprint density at radius 1 is 1.24 bits per heavy atom. The van der Waals surface area contributed by atoms with Gasteiger partial charge in [0, 0.05) is 13.1 Å². The average Bonchev–Trinajstić information content (AvgIpc) is 2.78. The van der Waals surface area contributed by atoms with Crippen molar-refractivity contribution in [1.82, 2.24) is 4.90 Å². The molecule has 0 spiro atoms. The minimum absolute atomic E-state index is 0.0471. The van der Waals surface area contributed by atoms with E-state index in [9.17, 15) is 9.59 Å². The summed E-state index contributed by atoms with van der Waals surface area (Å²) in [6.07, 6.45) is 4.29. The molecule has 1 aliphatic carbocycles. The van der Waals surface area contributed by atoms with Gasteiger partial charge >= 0.3 is 5.97 Å². The fraction of sp³-hybridized carbons (Fsp3) is 0.846. The van der Waals surface area contributed by atoms with Crippen molar-refractivity contribution in [1.29, 1.82) is 0 Å². The highest BCUT2D eigenvalue weighted by atomic mass is 16.4. The average molecular weight is 241 g/mol. The molecule has 1 rings (SSSR count). The predicted octanol–water partition coefficient (Wildman–Crippen LogP) is 2.14. The standard InChI is InChI=1S/C13H23NO3/c1-3-5-9-14(4-2)12(15)10-7-6-8-11(10)13(16)17/h10-11H,3-9H2,1-2H3,(H,16,17)/t10-,11+/m1/s1. The Hall–Kier alpha value is -1.06. The summed E-state index contributed by atoms with van der Waals surface area (Å²) in [7, 11) is 0. The van der Waals surface area contributed by atoms with Gasteiger partial charge in [-0.1, -0.05) is 19.8 Å². The first-order valence-corrected chi connectivity index (χ1v) is 6.63. The third-order valence-corrected chi connectivity index (χ3v) is 3.63. The molecule has 17 heavy (non-hydrogen) atoms. The molecule has 1 saturated carbocycles. The lowest BCUT2D eigenvalue weighted by Crippen LogP contribution is -2.39. The van der Waals surface area contributed by atoms with Gasteiger partial charge in [-0.3, -0.25) is 9.59 Å². The normalized spacial score (nSPS) is 23.6. The van der Waals surface area contributed by atoms with Crippen molar-refractivity contribution in [2.75, 3.05) is 13.1 Å². The topological polar surface area (TPSA) is 57.6 Å². The van der Waals surface area contributed by atoms with Crippen LogP contribution in [0.15, 0.2) is 0 Å². The number of hydrogen-bond acceptors (Lipinski definition) is 2. The second-order valence-electron chi connectivity index (χ2n) is 4.75. The van der Waals surface area contributed by atoms with Crippen molar-refractivity contribution in [2.45, 2.75) is 46.0 Å². The smallest absolute Gasteiger partial charge is 0.307 e. The number of carbonyl (C=O) groups is 2. The number of hydrogen-bond donors (Lipinski definition) is 1. The highest BCUT2D eigenvalue weighted by molar-refractivity contribution is 5.85. The lowest BCUT2D eigenvalue weighted by molar-refractivity contribution is -0.149. The molecule has 1 amide bonds. The first-order chi connectivity index (χ1) is 8.11. The number of aliphatic carboxylic acids is 1. The molecule has 4 heteroatoms. The Bertz CT molecular complexity index is 278. The third-order valence-electron chi connectivity index (χ3n) is 3.63. The molecule has 0 aliphatic heterocycles. The van der Waals surface area contributed by atoms with Crippen LogP contribution < -0.4 is 0 Å². The summed E-state index contributed by atoms with van der Waals surface area (Å²) in [5.74, 6) is -1.51. The van der Waals surface area contributed by atoms with E-state index in [4.69, 9.17) is 5.11 Å². The molecule has 0 radical (unpaired) electrons. The van der Waals surface area contributed by atoms with Crippen molar-refractivity contribution in [2.24, 2.45) is 11.8 Å². The van der Waals surface area contributed by atoms with Gasteiger partial charge in [0.1, 0.15) is 0 Å². The van der Waals surface area contributed by atoms with E-state index in [1.54, 1.807) is 0 Å². The van der Waals surface area contributed by atoms with Crippen LogP contribution in [-0.2, 0) is 9.59 Å². The largest absolute Gasteiger partial charge is 0.481 e. The summed E-state index contributed by atoms with van der Waals surface area (Å²) in [5.41, 5.74) is 0. The van der Waals surface area contributed by atoms with Gasteiger partial charge in [-0.15, -0.1) is 0 Å². The monoisotopic (exact) mass is 241 g/mol. The van der Waals surface area contributed by atoms with Gasteiger partial charge in [-0.2, -0.15) is 0 Å². The molecule has 0 aromatic heterocycles. The lowest BCUT2D eigenvalue weighted by atomic mass is 9.94. The number of carboxylic acid groups (broad SMARTS) is 1. The highest BCUT2D eigenvalue weighted by Crippen LogP contribution is 2.33. The van der Waals surface area contributed by atoms with Gasteiger partial charge in [0.2, 0.25) is 5.91 Å². The molecule has 0 saturated heterocycles. The van der Waals surface area contributed by atoms with E-state index in [-0.39, 0.29) is 11.8 Å². The summed E-state index contributed by atoms with van der Waals surface area (Å²) in [5, 5.41) is 9.09. The summed E-state index contributed by atoms with van der Waals surface area (Å²) in [6, 6.07) is 0. The summed E-state index contributed by atoms with van der Waals surface area (Å²) in [6.45, 7) is 5.49. The lowest BCUT2D eigenvalue weighted by Gasteiger charge is -2.26. The van der Waals surface area contributed by atoms with Crippen LogP contribution in [0.3, 0.4) is 0 Å². The molecule has 0 aromatic carbocycles. The Morgan fingerprint density at radius 2 is 1.88 bits per heavy atom. The van der Waals surface area contributed by atoms with Gasteiger partial charge in [-0.05, 0) is 26.2 Å². The predicted molar refractivity (Wildman–Crippen MR) is 65.6 cm³/mol. The Kier molecular flexibility index (Phi) is 5.45. The van der Waals surface area contributed by atoms with E-state index in [1.165, 1.54) is 0 Å². The van der Waals surface area contributed by atoms with Crippen LogP contribution in [0.25, 0.3) is 0 Å². The molecule has 98 valence electrons. The van der Waals surface area contributed by atoms with Crippen LogP contribution >= 0.6 is 0 Å². The minimum Gasteiger partial charge on any atom is -0.481 e. The summed E-state index contributed by atoms with van der Waals surface area (Å²) < 4.78 is 0. The second kappa shape index (κ2) is 6.62. The van der Waals surface area contributed by atoms with Crippen molar-refractivity contribution >= 4 is 11.9 Å². The summed E-state index contributed by atoms with van der Waals surface area (Å²) in [4.78, 5) is 25.1. The molecule has 0 aromatic rings. The number of nitrogens with zero attached hydrogens (tertiary/aromatic N) is 1. The number of carboxylic acids is 1. The van der Waals surface area contributed by atoms with E-state index in [1.807, 2.05) is 11.8 Å². The molecule has 1 fully saturated rings. The number of rotatable bonds is 6. The molecule has 1 aliphatic rings. The first kappa shape index (κ1) is 14.0. The minimum atomic E-state index is -0.813. The van der Waals surface area contributed by atoms with Crippen LogP contribution in [0.2, 0.25) is 0 Å². The van der Waals surface area contributed by atoms with E-state index < -0.39 is 11.9 Å². The summed E-state index contributed by atoms with van der Waals surface area (Å²) >= 11 is 0. The van der Waals surface area contributed by atoms with Crippen LogP contribution in [0.4, 0.5) is 0 Å². The fourth-order valence-electron chi connectivity index (χ4n) is 2.56. The first-order valence-electron chi connectivity index (χ1n) is 6.63. The quantitative estimate of drug-likeness (QED) is 0.775. The van der Waals surface area contributed by atoms with Gasteiger partial charge in [0.25, 0.3) is 0 Å². The molecule has 0 heterocycles. The van der Waals surface area contributed by atoms with E-state index in [0.717, 1.165) is 32.2 Å². The van der Waals surface area contributed by atoms with E-state index >= 15 is 0 Å². The molecule has 1 N–H and O–H groups in total. The Balaban J connectivity index is 2.63. The van der Waals surface area contributed by atoms with Crippen LogP contribution in [0, 0.1) is 11.8 Å². The molecule has 0 bridgehead atoms. The molecule has 0 unspecified atom stereocenters. The zero-order chi connectivity index (χ0) is 12.8. The molecular weight excluding hydrogens is 218 g/mol. The number of amides is 1. The van der Waals surface area contributed by atoms with Gasteiger partial charge in [0.15, 0.2) is 0 Å². The maximum absolute atomic E-state index is 12.3. The molecule has 4 nitrogen and oxygen atoms in total. The second-order valence-corrected chi connectivity index (χ2v) is 4.75. The zero-order valence-electron chi connectivity index (χ0n) is 10.8. The van der Waals surface area contributed by atoms with Crippen molar-refractivity contribution < 1.29 is 14.7 Å². The molecule has 2 atom stereocenters. The highest BCUT2D eigenvalue weighted by Gasteiger charge is 2.39. The number of carbonyl (C=O) groups excluding carboxylic acids is 1. The van der Waals surface area contributed by atoms with Gasteiger partial charge in [0.05, 0.1) is 11.8 Å². The van der Waals surface area contributed by atoms with Gasteiger partial charge < -0.3 is 10.0 Å². The Morgan fingerprint density at radius 3 is 2.41 bits per heavy atom. The fourth-order valence-corrected chi connectivity index (χ4v) is 2.56. The SMILES string of the molecule is CCCCN(CC)C(=O)[C@@H]1CCC[C@@H]1C(=O)O. The van der Waals surface area contributed by atoms with E-state index in [2.05, 4.69) is 6.92 Å². The maximum atomic E-state index is 12.3. The van der Waals surface area contributed by atoms with Crippen molar-refractivity contribution in [3.8, 4) is 0 Å². The maximum Gasteiger partial charge on any atom is 0.307 e. The van der Waals surface area contributed by atoms with Crippen LogP contribution in [-0.4, -0.2) is 35.0 Å². The van der Waals surface area contributed by atoms with Crippen LogP contribution in [0.5, 0.6) is 0 Å². The van der Waals surface area contributed by atoms with Gasteiger partial charge in [-0.25, -0.2) is 0 Å².